The molecule has 5 unspecified atom stereocenters. The molecule has 2 aliphatic rings. The van der Waals surface area contributed by atoms with Crippen LogP contribution in [0.15, 0.2) is 12.2 Å². The Morgan fingerprint density at radius 3 is 2.71 bits per heavy atom. The number of ether oxygens (including phenoxy) is 1. The van der Waals surface area contributed by atoms with E-state index in [1.807, 2.05) is 6.92 Å². The van der Waals surface area contributed by atoms with Crippen LogP contribution >= 0.6 is 22.6 Å². The number of rotatable bonds is 11. The van der Waals surface area contributed by atoms with E-state index in [9.17, 15) is 18.7 Å². The molecule has 1 heterocycles. The van der Waals surface area contributed by atoms with E-state index in [1.54, 1.807) is 6.08 Å². The molecule has 162 valence electrons. The Morgan fingerprint density at radius 2 is 2.07 bits per heavy atom. The summed E-state index contributed by atoms with van der Waals surface area (Å²) in [7, 11) is 0. The number of aliphatic carboxylic acids is 1. The van der Waals surface area contributed by atoms with Gasteiger partial charge in [0.05, 0.1) is 12.2 Å². The Kier molecular flexibility index (Phi) is 9.13. The zero-order chi connectivity index (χ0) is 20.9. The highest BCUT2D eigenvalue weighted by Gasteiger charge is 2.48. The van der Waals surface area contributed by atoms with E-state index < -0.39 is 18.0 Å². The van der Waals surface area contributed by atoms with Gasteiger partial charge in [0.1, 0.15) is 6.10 Å². The number of allylic oxidation sites excluding steroid dienone is 1. The van der Waals surface area contributed by atoms with Crippen LogP contribution in [0.3, 0.4) is 0 Å². The Hall–Kier alpha value is -0.280. The summed E-state index contributed by atoms with van der Waals surface area (Å²) in [6.45, 7) is 3.97. The van der Waals surface area contributed by atoms with Crippen LogP contribution < -0.4 is 0 Å². The maximum Gasteiger partial charge on any atom is 0.303 e. The fourth-order valence-electron chi connectivity index (χ4n) is 4.52. The van der Waals surface area contributed by atoms with Crippen molar-refractivity contribution in [1.29, 1.82) is 0 Å². The third-order valence-corrected chi connectivity index (χ3v) is 7.60. The van der Waals surface area contributed by atoms with E-state index >= 15 is 0 Å². The fraction of sp³-hybridized carbons (Fsp3) is 0.857. The van der Waals surface area contributed by atoms with Crippen molar-refractivity contribution in [2.75, 3.05) is 0 Å². The van der Waals surface area contributed by atoms with Crippen LogP contribution in [0.5, 0.6) is 0 Å². The number of hydrogen-bond donors (Lipinski definition) is 2. The lowest BCUT2D eigenvalue weighted by Gasteiger charge is -2.23. The van der Waals surface area contributed by atoms with E-state index in [4.69, 9.17) is 9.84 Å². The number of aliphatic hydroxyl groups excluding tert-OH is 1. The standard InChI is InChI=1S/C21H33F2IO4/c1-3-4-10-21(22,23)19(25)9-8-14-13(2)11-17-15(14)12-18(28-17)16(24)6-5-7-20(26)27/h8-9,13-19,25H,3-7,10-12H2,1-2H3,(H,26,27)/b9-8+/t13?,14-,15+,16?,17?,18?,19?/m0/s1. The number of carboxylic acid groups (broad SMARTS) is 1. The van der Waals surface area contributed by atoms with Gasteiger partial charge in [0.2, 0.25) is 0 Å². The lowest BCUT2D eigenvalue weighted by molar-refractivity contribution is -0.137. The minimum absolute atomic E-state index is 0.0868. The maximum absolute atomic E-state index is 14.0. The first-order chi connectivity index (χ1) is 13.2. The van der Waals surface area contributed by atoms with Gasteiger partial charge >= 0.3 is 5.97 Å². The second kappa shape index (κ2) is 10.7. The summed E-state index contributed by atoms with van der Waals surface area (Å²) in [6, 6.07) is 0. The molecule has 28 heavy (non-hydrogen) atoms. The van der Waals surface area contributed by atoms with Gasteiger partial charge in [-0.05, 0) is 49.9 Å². The molecular weight excluding hydrogens is 481 g/mol. The predicted octanol–water partition coefficient (Wildman–Crippen LogP) is 5.22. The molecule has 2 N–H and O–H groups in total. The van der Waals surface area contributed by atoms with Gasteiger partial charge in [0.15, 0.2) is 0 Å². The van der Waals surface area contributed by atoms with Crippen LogP contribution in [0.1, 0.15) is 65.2 Å². The van der Waals surface area contributed by atoms with Gasteiger partial charge in [0, 0.05) is 16.8 Å². The number of aliphatic hydroxyl groups is 1. The number of carbonyl (C=O) groups is 1. The van der Waals surface area contributed by atoms with Gasteiger partial charge in [-0.1, -0.05) is 55.0 Å². The van der Waals surface area contributed by atoms with Crippen molar-refractivity contribution in [2.24, 2.45) is 17.8 Å². The molecular formula is C21H33F2IO4. The number of halogens is 3. The van der Waals surface area contributed by atoms with Crippen LogP contribution in [0.2, 0.25) is 0 Å². The molecule has 0 amide bonds. The first kappa shape index (κ1) is 24.0. The van der Waals surface area contributed by atoms with Crippen molar-refractivity contribution in [3.8, 4) is 0 Å². The number of hydrogen-bond acceptors (Lipinski definition) is 3. The average molecular weight is 514 g/mol. The highest BCUT2D eigenvalue weighted by Crippen LogP contribution is 2.48. The molecule has 7 atom stereocenters. The lowest BCUT2D eigenvalue weighted by atomic mass is 9.86. The van der Waals surface area contributed by atoms with E-state index in [0.29, 0.717) is 25.2 Å². The predicted molar refractivity (Wildman–Crippen MR) is 113 cm³/mol. The minimum atomic E-state index is -3.08. The Morgan fingerprint density at radius 1 is 1.36 bits per heavy atom. The number of fused-ring (bicyclic) bond motifs is 1. The summed E-state index contributed by atoms with van der Waals surface area (Å²) in [5.74, 6) is -3.11. The molecule has 0 aromatic carbocycles. The second-order valence-corrected chi connectivity index (χ2v) is 10.00. The molecule has 1 aliphatic heterocycles. The summed E-state index contributed by atoms with van der Waals surface area (Å²) in [5.41, 5.74) is 0. The summed E-state index contributed by atoms with van der Waals surface area (Å²) in [6.07, 6.45) is 5.72. The Bertz CT molecular complexity index is 542. The first-order valence-electron chi connectivity index (χ1n) is 10.4. The van der Waals surface area contributed by atoms with Crippen molar-refractivity contribution < 1.29 is 28.5 Å². The number of unbranched alkanes of at least 4 members (excludes halogenated alkanes) is 1. The maximum atomic E-state index is 14.0. The van der Waals surface area contributed by atoms with Crippen LogP contribution in [0.25, 0.3) is 0 Å². The summed E-state index contributed by atoms with van der Waals surface area (Å²) in [5, 5.41) is 18.7. The third kappa shape index (κ3) is 6.36. The highest BCUT2D eigenvalue weighted by atomic mass is 127. The van der Waals surface area contributed by atoms with Gasteiger partial charge in [0.25, 0.3) is 5.92 Å². The van der Waals surface area contributed by atoms with Crippen LogP contribution in [-0.2, 0) is 9.53 Å². The molecule has 4 nitrogen and oxygen atoms in total. The van der Waals surface area contributed by atoms with Crippen LogP contribution in [-0.4, -0.2) is 44.3 Å². The quantitative estimate of drug-likeness (QED) is 0.226. The molecule has 1 aliphatic carbocycles. The second-order valence-electron chi connectivity index (χ2n) is 8.40. The van der Waals surface area contributed by atoms with Crippen molar-refractivity contribution in [3.63, 3.8) is 0 Å². The van der Waals surface area contributed by atoms with Gasteiger partial charge in [-0.2, -0.15) is 0 Å². The average Bonchev–Trinajstić information content (AvgIpc) is 3.14. The first-order valence-corrected chi connectivity index (χ1v) is 11.7. The lowest BCUT2D eigenvalue weighted by Crippen LogP contribution is -2.32. The summed E-state index contributed by atoms with van der Waals surface area (Å²) in [4.78, 5) is 10.7. The SMILES string of the molecule is CCCCC(F)(F)C(O)/C=C/[C@H]1C(C)CC2OC(C(I)CCCC(=O)O)C[C@@H]21. The van der Waals surface area contributed by atoms with Crippen molar-refractivity contribution in [1.82, 2.24) is 0 Å². The monoisotopic (exact) mass is 514 g/mol. The Balaban J connectivity index is 1.91. The van der Waals surface area contributed by atoms with E-state index in [-0.39, 0.29) is 40.8 Å². The molecule has 0 aromatic heterocycles. The number of alkyl halides is 3. The van der Waals surface area contributed by atoms with E-state index in [1.165, 1.54) is 6.08 Å². The zero-order valence-corrected chi connectivity index (χ0v) is 18.9. The molecule has 0 aromatic rings. The van der Waals surface area contributed by atoms with Crippen LogP contribution in [0, 0.1) is 17.8 Å². The molecule has 7 heteroatoms. The Labute approximate surface area is 180 Å². The van der Waals surface area contributed by atoms with E-state index in [0.717, 1.165) is 19.3 Å². The zero-order valence-electron chi connectivity index (χ0n) is 16.7. The molecule has 1 saturated heterocycles. The topological polar surface area (TPSA) is 66.8 Å². The molecule has 0 radical (unpaired) electrons. The number of carboxylic acids is 1. The highest BCUT2D eigenvalue weighted by molar-refractivity contribution is 14.1. The van der Waals surface area contributed by atoms with Gasteiger partial charge in [-0.3, -0.25) is 4.79 Å². The van der Waals surface area contributed by atoms with Crippen molar-refractivity contribution in [2.45, 2.75) is 93.4 Å². The van der Waals surface area contributed by atoms with Crippen LogP contribution in [0.4, 0.5) is 8.78 Å². The molecule has 2 rings (SSSR count). The normalized spacial score (nSPS) is 32.6. The smallest absolute Gasteiger partial charge is 0.303 e. The largest absolute Gasteiger partial charge is 0.481 e. The fourth-order valence-corrected chi connectivity index (χ4v) is 5.42. The molecule has 1 saturated carbocycles. The van der Waals surface area contributed by atoms with Crippen molar-refractivity contribution >= 4 is 28.6 Å². The van der Waals surface area contributed by atoms with Gasteiger partial charge in [-0.15, -0.1) is 0 Å². The third-order valence-electron chi connectivity index (χ3n) is 6.17. The molecule has 2 fully saturated rings. The van der Waals surface area contributed by atoms with E-state index in [2.05, 4.69) is 29.5 Å². The van der Waals surface area contributed by atoms with Crippen molar-refractivity contribution in [3.05, 3.63) is 12.2 Å². The summed E-state index contributed by atoms with van der Waals surface area (Å²) < 4.78 is 34.5. The minimum Gasteiger partial charge on any atom is -0.481 e. The summed E-state index contributed by atoms with van der Waals surface area (Å²) >= 11 is 2.34. The van der Waals surface area contributed by atoms with Gasteiger partial charge in [-0.25, -0.2) is 8.78 Å². The molecule has 0 spiro atoms. The molecule has 0 bridgehead atoms. The van der Waals surface area contributed by atoms with Gasteiger partial charge < -0.3 is 14.9 Å².